The number of aryl methyl sites for hydroxylation is 1. The highest BCUT2D eigenvalue weighted by molar-refractivity contribution is 6.31. The van der Waals surface area contributed by atoms with Crippen molar-refractivity contribution in [1.82, 2.24) is 4.90 Å². The van der Waals surface area contributed by atoms with Crippen LogP contribution in [0.1, 0.15) is 25.8 Å². The third kappa shape index (κ3) is 3.12. The molecule has 0 bridgehead atoms. The van der Waals surface area contributed by atoms with Gasteiger partial charge in [-0.3, -0.25) is 9.59 Å². The summed E-state index contributed by atoms with van der Waals surface area (Å²) in [4.78, 5) is 25.7. The maximum absolute atomic E-state index is 12.2. The van der Waals surface area contributed by atoms with Gasteiger partial charge in [0, 0.05) is 29.7 Å². The Morgan fingerprint density at radius 3 is 2.70 bits per heavy atom. The zero-order chi connectivity index (χ0) is 14.9. The van der Waals surface area contributed by atoms with Crippen LogP contribution in [0.3, 0.4) is 0 Å². The fourth-order valence-corrected chi connectivity index (χ4v) is 2.50. The molecule has 0 aromatic heterocycles. The molecular formula is C15H19ClN2O2. The van der Waals surface area contributed by atoms with Gasteiger partial charge in [0.15, 0.2) is 0 Å². The second-order valence-corrected chi connectivity index (χ2v) is 5.90. The van der Waals surface area contributed by atoms with Gasteiger partial charge >= 0.3 is 0 Å². The number of likely N-dealkylation sites (tertiary alicyclic amines) is 1. The van der Waals surface area contributed by atoms with Gasteiger partial charge in [-0.05, 0) is 38.5 Å². The van der Waals surface area contributed by atoms with Crippen molar-refractivity contribution in [3.05, 3.63) is 28.8 Å². The maximum Gasteiger partial charge on any atom is 0.229 e. The summed E-state index contributed by atoms with van der Waals surface area (Å²) in [6, 6.07) is 5.54. The third-order valence-electron chi connectivity index (χ3n) is 3.59. The maximum atomic E-state index is 12.2. The molecule has 0 aliphatic carbocycles. The number of nitrogens with one attached hydrogen (secondary N) is 1. The van der Waals surface area contributed by atoms with Crippen molar-refractivity contribution in [2.24, 2.45) is 5.92 Å². The van der Waals surface area contributed by atoms with E-state index in [0.29, 0.717) is 17.3 Å². The smallest absolute Gasteiger partial charge is 0.229 e. The Balaban J connectivity index is 2.02. The Morgan fingerprint density at radius 2 is 2.15 bits per heavy atom. The standard InChI is InChI=1S/C15H19ClN2O2/c1-9(2)18-8-11(6-14(18)19)15(20)17-12-5-4-10(3)13(16)7-12/h4-5,7,9,11H,6,8H2,1-3H3,(H,17,20)/t11-/m0/s1. The first kappa shape index (κ1) is 14.9. The van der Waals surface area contributed by atoms with Gasteiger partial charge in [0.25, 0.3) is 0 Å². The Hall–Kier alpha value is -1.55. The molecule has 1 aromatic rings. The van der Waals surface area contributed by atoms with Gasteiger partial charge in [0.05, 0.1) is 5.92 Å². The van der Waals surface area contributed by atoms with Crippen molar-refractivity contribution in [3.63, 3.8) is 0 Å². The van der Waals surface area contributed by atoms with Gasteiger partial charge in [0.2, 0.25) is 11.8 Å². The molecule has 108 valence electrons. The van der Waals surface area contributed by atoms with Crippen LogP contribution in [0.25, 0.3) is 0 Å². The van der Waals surface area contributed by atoms with E-state index in [4.69, 9.17) is 11.6 Å². The average Bonchev–Trinajstić information content (AvgIpc) is 2.76. The third-order valence-corrected chi connectivity index (χ3v) is 4.00. The van der Waals surface area contributed by atoms with Crippen LogP contribution in [-0.4, -0.2) is 29.3 Å². The van der Waals surface area contributed by atoms with E-state index in [1.165, 1.54) is 0 Å². The fourth-order valence-electron chi connectivity index (χ4n) is 2.32. The van der Waals surface area contributed by atoms with Crippen molar-refractivity contribution >= 4 is 29.1 Å². The lowest BCUT2D eigenvalue weighted by Crippen LogP contribution is -2.33. The van der Waals surface area contributed by atoms with Gasteiger partial charge in [0.1, 0.15) is 0 Å². The molecule has 20 heavy (non-hydrogen) atoms. The zero-order valence-corrected chi connectivity index (χ0v) is 12.7. The van der Waals surface area contributed by atoms with Crippen molar-refractivity contribution in [2.75, 3.05) is 11.9 Å². The van der Waals surface area contributed by atoms with Crippen LogP contribution >= 0.6 is 11.6 Å². The number of carbonyl (C=O) groups excluding carboxylic acids is 2. The lowest BCUT2D eigenvalue weighted by Gasteiger charge is -2.20. The number of benzene rings is 1. The number of carbonyl (C=O) groups is 2. The first-order valence-electron chi connectivity index (χ1n) is 6.75. The quantitative estimate of drug-likeness (QED) is 0.932. The Morgan fingerprint density at radius 1 is 1.45 bits per heavy atom. The van der Waals surface area contributed by atoms with Gasteiger partial charge in [-0.25, -0.2) is 0 Å². The largest absolute Gasteiger partial charge is 0.339 e. The van der Waals surface area contributed by atoms with E-state index in [1.807, 2.05) is 32.9 Å². The average molecular weight is 295 g/mol. The molecule has 1 heterocycles. The molecule has 4 nitrogen and oxygen atoms in total. The number of halogens is 1. The lowest BCUT2D eigenvalue weighted by atomic mass is 10.1. The summed E-state index contributed by atoms with van der Waals surface area (Å²) in [5.41, 5.74) is 1.63. The van der Waals surface area contributed by atoms with Crippen LogP contribution in [-0.2, 0) is 9.59 Å². The Kier molecular flexibility index (Phi) is 4.33. The van der Waals surface area contributed by atoms with Crippen LogP contribution in [0.15, 0.2) is 18.2 Å². The van der Waals surface area contributed by atoms with E-state index >= 15 is 0 Å². The van der Waals surface area contributed by atoms with Crippen LogP contribution in [0.4, 0.5) is 5.69 Å². The molecule has 1 fully saturated rings. The topological polar surface area (TPSA) is 49.4 Å². The molecule has 1 aliphatic rings. The molecule has 1 atom stereocenters. The zero-order valence-electron chi connectivity index (χ0n) is 11.9. The van der Waals surface area contributed by atoms with Crippen LogP contribution in [0, 0.1) is 12.8 Å². The molecule has 2 rings (SSSR count). The van der Waals surface area contributed by atoms with E-state index in [-0.39, 0.29) is 30.2 Å². The van der Waals surface area contributed by atoms with Crippen molar-refractivity contribution in [2.45, 2.75) is 33.2 Å². The van der Waals surface area contributed by atoms with Crippen LogP contribution in [0.5, 0.6) is 0 Å². The molecule has 1 aliphatic heterocycles. The molecule has 0 saturated carbocycles. The molecular weight excluding hydrogens is 276 g/mol. The first-order valence-corrected chi connectivity index (χ1v) is 7.12. The molecule has 1 N–H and O–H groups in total. The van der Waals surface area contributed by atoms with Crippen LogP contribution in [0.2, 0.25) is 5.02 Å². The van der Waals surface area contributed by atoms with Crippen LogP contribution < -0.4 is 5.32 Å². The predicted molar refractivity (Wildman–Crippen MR) is 79.8 cm³/mol. The normalized spacial score (nSPS) is 18.8. The summed E-state index contributed by atoms with van der Waals surface area (Å²) in [5.74, 6) is -0.367. The Bertz CT molecular complexity index is 543. The highest BCUT2D eigenvalue weighted by Crippen LogP contribution is 2.24. The summed E-state index contributed by atoms with van der Waals surface area (Å²) >= 11 is 6.03. The van der Waals surface area contributed by atoms with Crippen molar-refractivity contribution in [3.8, 4) is 0 Å². The molecule has 1 saturated heterocycles. The molecule has 0 radical (unpaired) electrons. The van der Waals surface area contributed by atoms with E-state index in [1.54, 1.807) is 11.0 Å². The minimum atomic E-state index is -0.287. The monoisotopic (exact) mass is 294 g/mol. The highest BCUT2D eigenvalue weighted by Gasteiger charge is 2.35. The molecule has 1 aromatic carbocycles. The van der Waals surface area contributed by atoms with Gasteiger partial charge < -0.3 is 10.2 Å². The van der Waals surface area contributed by atoms with E-state index in [9.17, 15) is 9.59 Å². The van der Waals surface area contributed by atoms with E-state index in [0.717, 1.165) is 5.56 Å². The van der Waals surface area contributed by atoms with Crippen molar-refractivity contribution in [1.29, 1.82) is 0 Å². The van der Waals surface area contributed by atoms with E-state index < -0.39 is 0 Å². The van der Waals surface area contributed by atoms with E-state index in [2.05, 4.69) is 5.32 Å². The minimum absolute atomic E-state index is 0.0436. The summed E-state index contributed by atoms with van der Waals surface area (Å²) < 4.78 is 0. The summed E-state index contributed by atoms with van der Waals surface area (Å²) in [6.07, 6.45) is 0.281. The van der Waals surface area contributed by atoms with Gasteiger partial charge in [-0.1, -0.05) is 17.7 Å². The number of amides is 2. The predicted octanol–water partition coefficient (Wildman–Crippen LogP) is 2.84. The summed E-state index contributed by atoms with van der Waals surface area (Å²) in [7, 11) is 0. The van der Waals surface area contributed by atoms with Gasteiger partial charge in [-0.15, -0.1) is 0 Å². The summed E-state index contributed by atoms with van der Waals surface area (Å²) in [5, 5.41) is 3.45. The number of rotatable bonds is 3. The number of nitrogens with zero attached hydrogens (tertiary/aromatic N) is 1. The number of hydrogen-bond acceptors (Lipinski definition) is 2. The molecule has 5 heteroatoms. The molecule has 0 unspecified atom stereocenters. The molecule has 0 spiro atoms. The minimum Gasteiger partial charge on any atom is -0.339 e. The fraction of sp³-hybridized carbons (Fsp3) is 0.467. The summed E-state index contributed by atoms with van der Waals surface area (Å²) in [6.45, 7) is 6.31. The lowest BCUT2D eigenvalue weighted by molar-refractivity contribution is -0.129. The second kappa shape index (κ2) is 5.83. The Labute approximate surface area is 124 Å². The number of anilines is 1. The highest BCUT2D eigenvalue weighted by atomic mass is 35.5. The van der Waals surface area contributed by atoms with Crippen molar-refractivity contribution < 1.29 is 9.59 Å². The second-order valence-electron chi connectivity index (χ2n) is 5.49. The number of hydrogen-bond donors (Lipinski definition) is 1. The molecule has 2 amide bonds. The first-order chi connectivity index (χ1) is 9.38. The SMILES string of the molecule is Cc1ccc(NC(=O)[C@H]2CC(=O)N(C(C)C)C2)cc1Cl. The van der Waals surface area contributed by atoms with Gasteiger partial charge in [-0.2, -0.15) is 0 Å².